The highest BCUT2D eigenvalue weighted by atomic mass is 19.3. The smallest absolute Gasteiger partial charge is 0.387 e. The Bertz CT molecular complexity index is 863. The second-order valence-corrected chi connectivity index (χ2v) is 6.19. The molecule has 2 N–H and O–H groups in total. The van der Waals surface area contributed by atoms with E-state index in [9.17, 15) is 18.0 Å². The number of hydrogen-bond acceptors (Lipinski definition) is 6. The first-order valence-corrected chi connectivity index (χ1v) is 8.55. The van der Waals surface area contributed by atoms with Gasteiger partial charge in [0.25, 0.3) is 0 Å². The number of ether oxygens (including phenoxy) is 2. The van der Waals surface area contributed by atoms with Crippen LogP contribution in [0, 0.1) is 5.41 Å². The van der Waals surface area contributed by atoms with E-state index in [1.165, 1.54) is 30.5 Å². The van der Waals surface area contributed by atoms with Crippen molar-refractivity contribution in [1.82, 2.24) is 4.98 Å². The lowest BCUT2D eigenvalue weighted by Crippen LogP contribution is -2.39. The molecule has 3 rings (SSSR count). The number of carbonyl (C=O) groups is 1. The van der Waals surface area contributed by atoms with Gasteiger partial charge in [-0.05, 0) is 24.6 Å². The van der Waals surface area contributed by atoms with Crippen molar-refractivity contribution < 1.29 is 27.4 Å². The summed E-state index contributed by atoms with van der Waals surface area (Å²) in [4.78, 5) is 15.3. The molecule has 0 saturated carbocycles. The number of benzene rings is 1. The number of alkyl halides is 3. The quantitative estimate of drug-likeness (QED) is 0.556. The maximum Gasteiger partial charge on any atom is 0.387 e. The van der Waals surface area contributed by atoms with Crippen molar-refractivity contribution >= 4 is 17.7 Å². The molecule has 1 fully saturated rings. The largest absolute Gasteiger partial charge is 0.435 e. The number of halogens is 3. The zero-order valence-electron chi connectivity index (χ0n) is 14.7. The van der Waals surface area contributed by atoms with Gasteiger partial charge < -0.3 is 14.8 Å². The van der Waals surface area contributed by atoms with Crippen LogP contribution in [0.15, 0.2) is 36.5 Å². The van der Waals surface area contributed by atoms with Crippen molar-refractivity contribution in [2.45, 2.75) is 25.2 Å². The Labute approximate surface area is 159 Å². The van der Waals surface area contributed by atoms with E-state index in [-0.39, 0.29) is 34.9 Å². The highest BCUT2D eigenvalue weighted by molar-refractivity contribution is 6.13. The van der Waals surface area contributed by atoms with Crippen LogP contribution < -0.4 is 10.1 Å². The summed E-state index contributed by atoms with van der Waals surface area (Å²) in [5.41, 5.74) is 0.942. The van der Waals surface area contributed by atoms with Crippen molar-refractivity contribution in [3.05, 3.63) is 53.3 Å². The van der Waals surface area contributed by atoms with E-state index >= 15 is 0 Å². The third kappa shape index (κ3) is 4.66. The molecule has 1 aliphatic rings. The molecule has 148 valence electrons. The first kappa shape index (κ1) is 19.8. The summed E-state index contributed by atoms with van der Waals surface area (Å²) in [6, 6.07) is 6.58. The van der Waals surface area contributed by atoms with Crippen molar-refractivity contribution in [2.75, 3.05) is 18.5 Å². The van der Waals surface area contributed by atoms with E-state index in [1.807, 2.05) is 0 Å². The van der Waals surface area contributed by atoms with E-state index in [0.717, 1.165) is 0 Å². The molecule has 0 spiro atoms. The van der Waals surface area contributed by atoms with Crippen LogP contribution in [-0.4, -0.2) is 49.0 Å². The minimum absolute atomic E-state index is 0.0434. The number of rotatable bonds is 7. The average molecular weight is 393 g/mol. The second-order valence-electron chi connectivity index (χ2n) is 6.19. The summed E-state index contributed by atoms with van der Waals surface area (Å²) in [6.45, 7) is -2.64. The predicted octanol–water partition coefficient (Wildman–Crippen LogP) is 3.45. The molecule has 0 radical (unpaired) electrons. The molecular formula is C19H18F3N3O3. The summed E-state index contributed by atoms with van der Waals surface area (Å²) in [5, 5.41) is 11.4. The molecule has 9 heteroatoms. The Kier molecular flexibility index (Phi) is 6.25. The number of anilines is 1. The fraction of sp³-hybridized carbons (Fsp3) is 0.316. The van der Waals surface area contributed by atoms with E-state index in [4.69, 9.17) is 10.1 Å². The number of pyridine rings is 1. The van der Waals surface area contributed by atoms with Crippen molar-refractivity contribution in [3.63, 3.8) is 0 Å². The van der Waals surface area contributed by atoms with E-state index in [1.54, 1.807) is 6.07 Å². The first-order valence-electron chi connectivity index (χ1n) is 8.55. The van der Waals surface area contributed by atoms with Crippen LogP contribution >= 0.6 is 0 Å². The van der Waals surface area contributed by atoms with Gasteiger partial charge in [-0.3, -0.25) is 15.2 Å². The summed E-state index contributed by atoms with van der Waals surface area (Å²) in [7, 11) is 0. The van der Waals surface area contributed by atoms with Crippen LogP contribution in [0.25, 0.3) is 0 Å². The number of carbonyl (C=O) groups excluding carboxylic acids is 1. The van der Waals surface area contributed by atoms with Gasteiger partial charge in [-0.25, -0.2) is 4.39 Å². The lowest BCUT2D eigenvalue weighted by atomic mass is 10.0. The van der Waals surface area contributed by atoms with Gasteiger partial charge in [0.1, 0.15) is 17.6 Å². The van der Waals surface area contributed by atoms with Crippen LogP contribution in [0.2, 0.25) is 0 Å². The van der Waals surface area contributed by atoms with Crippen molar-refractivity contribution in [2.24, 2.45) is 0 Å². The van der Waals surface area contributed by atoms with E-state index < -0.39 is 18.8 Å². The molecule has 2 unspecified atom stereocenters. The molecule has 0 bridgehead atoms. The summed E-state index contributed by atoms with van der Waals surface area (Å²) in [5.74, 6) is -0.0930. The van der Waals surface area contributed by atoms with Crippen molar-refractivity contribution in [3.8, 4) is 5.75 Å². The van der Waals surface area contributed by atoms with Crippen LogP contribution in [0.3, 0.4) is 0 Å². The Hall–Kier alpha value is -2.94. The molecule has 0 aliphatic carbocycles. The fourth-order valence-electron chi connectivity index (χ4n) is 2.88. The standard InChI is InChI=1S/C19H18F3N3O3/c20-14-10-27-5-4-15(14)25-16-6-11(9-26)8-24-18(16)17(23)12-2-1-3-13(7-12)28-19(21)22/h1-3,6-9,14-15,19,23,25H,4-5,10H2. The number of aromatic nitrogens is 1. The molecule has 1 aromatic heterocycles. The zero-order chi connectivity index (χ0) is 20.1. The van der Waals surface area contributed by atoms with Crippen molar-refractivity contribution in [1.29, 1.82) is 5.41 Å². The summed E-state index contributed by atoms with van der Waals surface area (Å²) < 4.78 is 48.5. The maximum atomic E-state index is 14.1. The molecule has 6 nitrogen and oxygen atoms in total. The Morgan fingerprint density at radius 1 is 1.39 bits per heavy atom. The van der Waals surface area contributed by atoms with Crippen LogP contribution in [0.4, 0.5) is 18.9 Å². The van der Waals surface area contributed by atoms with E-state index in [0.29, 0.717) is 25.0 Å². The van der Waals surface area contributed by atoms with Gasteiger partial charge in [-0.2, -0.15) is 8.78 Å². The molecule has 2 aromatic rings. The van der Waals surface area contributed by atoms with Gasteiger partial charge in [0.15, 0.2) is 6.29 Å². The summed E-state index contributed by atoms with van der Waals surface area (Å²) >= 11 is 0. The monoisotopic (exact) mass is 393 g/mol. The number of aldehydes is 1. The highest BCUT2D eigenvalue weighted by Gasteiger charge is 2.27. The van der Waals surface area contributed by atoms with Gasteiger partial charge in [0, 0.05) is 23.9 Å². The van der Waals surface area contributed by atoms with Crippen LogP contribution in [0.5, 0.6) is 5.75 Å². The van der Waals surface area contributed by atoms with Gasteiger partial charge in [0.05, 0.1) is 24.0 Å². The first-order chi connectivity index (χ1) is 13.5. The van der Waals surface area contributed by atoms with Gasteiger partial charge in [0.2, 0.25) is 0 Å². The minimum Gasteiger partial charge on any atom is -0.435 e. The average Bonchev–Trinajstić information content (AvgIpc) is 2.69. The molecule has 2 heterocycles. The van der Waals surface area contributed by atoms with E-state index in [2.05, 4.69) is 15.0 Å². The Morgan fingerprint density at radius 3 is 2.93 bits per heavy atom. The summed E-state index contributed by atoms with van der Waals surface area (Å²) in [6.07, 6.45) is 1.05. The normalized spacial score (nSPS) is 19.3. The predicted molar refractivity (Wildman–Crippen MR) is 96.4 cm³/mol. The van der Waals surface area contributed by atoms with Gasteiger partial charge >= 0.3 is 6.61 Å². The minimum atomic E-state index is -2.98. The highest BCUT2D eigenvalue weighted by Crippen LogP contribution is 2.25. The van der Waals surface area contributed by atoms with Crippen LogP contribution in [-0.2, 0) is 4.74 Å². The molecule has 1 aliphatic heterocycles. The second kappa shape index (κ2) is 8.83. The molecule has 1 aromatic carbocycles. The maximum absolute atomic E-state index is 14.1. The Balaban J connectivity index is 1.92. The lowest BCUT2D eigenvalue weighted by molar-refractivity contribution is -0.0498. The third-order valence-electron chi connectivity index (χ3n) is 4.26. The number of hydrogen-bond donors (Lipinski definition) is 2. The molecule has 0 amide bonds. The van der Waals surface area contributed by atoms with Gasteiger partial charge in [-0.15, -0.1) is 0 Å². The van der Waals surface area contributed by atoms with Crippen LogP contribution in [0.1, 0.15) is 28.0 Å². The lowest BCUT2D eigenvalue weighted by Gasteiger charge is -2.28. The SMILES string of the molecule is N=C(c1cccc(OC(F)F)c1)c1ncc(C=O)cc1NC1CCOCC1F. The fourth-order valence-corrected chi connectivity index (χ4v) is 2.88. The Morgan fingerprint density at radius 2 is 2.21 bits per heavy atom. The molecule has 28 heavy (non-hydrogen) atoms. The van der Waals surface area contributed by atoms with Gasteiger partial charge in [-0.1, -0.05) is 12.1 Å². The number of nitrogens with zero attached hydrogens (tertiary/aromatic N) is 1. The number of nitrogens with one attached hydrogen (secondary N) is 2. The molecular weight excluding hydrogens is 375 g/mol. The zero-order valence-corrected chi connectivity index (χ0v) is 14.7. The molecule has 1 saturated heterocycles. The molecule has 2 atom stereocenters. The third-order valence-corrected chi connectivity index (χ3v) is 4.26. The topological polar surface area (TPSA) is 84.3 Å².